The topological polar surface area (TPSA) is 67.3 Å². The maximum atomic E-state index is 13.0. The summed E-state index contributed by atoms with van der Waals surface area (Å²) in [6.45, 7) is 1.42. The number of anilines is 1. The summed E-state index contributed by atoms with van der Waals surface area (Å²) in [4.78, 5) is 15.8. The van der Waals surface area contributed by atoms with Crippen molar-refractivity contribution in [2.24, 2.45) is 0 Å². The molecule has 1 aliphatic carbocycles. The largest absolute Gasteiger partial charge is 0.295 e. The Balaban J connectivity index is 2.07. The van der Waals surface area contributed by atoms with Gasteiger partial charge in [-0.05, 0) is 44.0 Å². The van der Waals surface area contributed by atoms with E-state index in [9.17, 15) is 13.2 Å². The monoisotopic (exact) mass is 316 g/mol. The number of rotatable bonds is 5. The summed E-state index contributed by atoms with van der Waals surface area (Å²) in [7, 11) is -3.73. The fourth-order valence-corrected chi connectivity index (χ4v) is 4.00. The molecule has 0 saturated heterocycles. The maximum Gasteiger partial charge on any atom is 0.265 e. The van der Waals surface area contributed by atoms with Gasteiger partial charge in [-0.15, -0.1) is 0 Å². The number of hydrogen-bond acceptors (Lipinski definition) is 4. The molecule has 0 spiro atoms. The Kier molecular flexibility index (Phi) is 3.70. The molecular weight excluding hydrogens is 300 g/mol. The van der Waals surface area contributed by atoms with Crippen molar-refractivity contribution in [1.29, 1.82) is 0 Å². The molecule has 1 heterocycles. The highest BCUT2D eigenvalue weighted by atomic mass is 32.2. The van der Waals surface area contributed by atoms with Crippen LogP contribution < -0.4 is 4.31 Å². The minimum atomic E-state index is -3.73. The van der Waals surface area contributed by atoms with Gasteiger partial charge in [-0.25, -0.2) is 17.7 Å². The molecule has 0 amide bonds. The van der Waals surface area contributed by atoms with E-state index in [1.165, 1.54) is 23.4 Å². The predicted molar refractivity (Wildman–Crippen MR) is 83.4 cm³/mol. The van der Waals surface area contributed by atoms with E-state index in [-0.39, 0.29) is 16.7 Å². The second-order valence-corrected chi connectivity index (χ2v) is 7.12. The van der Waals surface area contributed by atoms with Crippen molar-refractivity contribution in [2.45, 2.75) is 30.7 Å². The lowest BCUT2D eigenvalue weighted by atomic mass is 10.2. The van der Waals surface area contributed by atoms with Crippen molar-refractivity contribution in [2.75, 3.05) is 4.31 Å². The molecule has 5 nitrogen and oxygen atoms in total. The number of benzene rings is 1. The molecule has 0 N–H and O–H groups in total. The normalized spacial score (nSPS) is 14.6. The second kappa shape index (κ2) is 5.53. The quantitative estimate of drug-likeness (QED) is 0.795. The summed E-state index contributed by atoms with van der Waals surface area (Å²) in [5.41, 5.74) is 0.387. The first-order valence-corrected chi connectivity index (χ1v) is 8.50. The highest BCUT2D eigenvalue weighted by molar-refractivity contribution is 7.92. The molecule has 0 bridgehead atoms. The third kappa shape index (κ3) is 2.74. The number of aromatic nitrogens is 1. The van der Waals surface area contributed by atoms with Crippen molar-refractivity contribution in [3.8, 4) is 0 Å². The van der Waals surface area contributed by atoms with Crippen LogP contribution >= 0.6 is 0 Å². The molecule has 1 fully saturated rings. The maximum absolute atomic E-state index is 13.0. The summed E-state index contributed by atoms with van der Waals surface area (Å²) < 4.78 is 27.3. The van der Waals surface area contributed by atoms with E-state index < -0.39 is 10.0 Å². The summed E-state index contributed by atoms with van der Waals surface area (Å²) in [5, 5.41) is 0. The van der Waals surface area contributed by atoms with Gasteiger partial charge in [0.25, 0.3) is 10.0 Å². The van der Waals surface area contributed by atoms with Gasteiger partial charge in [0.05, 0.1) is 4.90 Å². The summed E-state index contributed by atoms with van der Waals surface area (Å²) in [6, 6.07) is 11.3. The van der Waals surface area contributed by atoms with Crippen molar-refractivity contribution >= 4 is 21.6 Å². The molecule has 0 radical (unpaired) electrons. The Morgan fingerprint density at radius 1 is 1.18 bits per heavy atom. The molecule has 1 aromatic carbocycles. The van der Waals surface area contributed by atoms with E-state index in [4.69, 9.17) is 0 Å². The van der Waals surface area contributed by atoms with Gasteiger partial charge in [-0.3, -0.25) is 4.79 Å². The van der Waals surface area contributed by atoms with E-state index in [0.29, 0.717) is 11.4 Å². The number of nitrogens with zero attached hydrogens (tertiary/aromatic N) is 2. The molecular formula is C16H16N2O3S. The predicted octanol–water partition coefficient (Wildman–Crippen LogP) is 2.64. The van der Waals surface area contributed by atoms with E-state index in [0.717, 1.165) is 12.8 Å². The van der Waals surface area contributed by atoms with Gasteiger partial charge in [-0.1, -0.05) is 18.2 Å². The number of Topliss-reactive ketones (excluding diaryl/α,β-unsaturated/α-hetero) is 1. The molecule has 3 rings (SSSR count). The molecule has 0 aliphatic heterocycles. The molecule has 114 valence electrons. The Hall–Kier alpha value is -2.21. The van der Waals surface area contributed by atoms with Crippen LogP contribution in [0.2, 0.25) is 0 Å². The van der Waals surface area contributed by atoms with E-state index in [1.54, 1.807) is 36.5 Å². The van der Waals surface area contributed by atoms with Crippen LogP contribution in [0.1, 0.15) is 30.1 Å². The third-order valence-corrected chi connectivity index (χ3v) is 5.40. The molecule has 6 heteroatoms. The van der Waals surface area contributed by atoms with Crippen molar-refractivity contribution in [3.05, 3.63) is 54.2 Å². The molecule has 2 aromatic rings. The minimum absolute atomic E-state index is 0.0547. The van der Waals surface area contributed by atoms with Crippen molar-refractivity contribution < 1.29 is 13.2 Å². The van der Waals surface area contributed by atoms with E-state index in [2.05, 4.69) is 4.98 Å². The van der Waals surface area contributed by atoms with Crippen LogP contribution in [-0.2, 0) is 10.0 Å². The number of pyridine rings is 1. The molecule has 0 unspecified atom stereocenters. The highest BCUT2D eigenvalue weighted by Gasteiger charge is 2.39. The zero-order valence-corrected chi connectivity index (χ0v) is 13.0. The molecule has 1 aromatic heterocycles. The zero-order valence-electron chi connectivity index (χ0n) is 12.1. The molecule has 1 saturated carbocycles. The SMILES string of the molecule is CC(=O)c1cccc(S(=O)(=O)N(c2ccccn2)C2CC2)c1. The lowest BCUT2D eigenvalue weighted by Gasteiger charge is -2.23. The highest BCUT2D eigenvalue weighted by Crippen LogP contribution is 2.35. The van der Waals surface area contributed by atoms with Gasteiger partial charge in [-0.2, -0.15) is 0 Å². The Labute approximate surface area is 129 Å². The van der Waals surface area contributed by atoms with Gasteiger partial charge in [0.15, 0.2) is 5.78 Å². The Bertz CT molecular complexity index is 799. The van der Waals surface area contributed by atoms with Crippen molar-refractivity contribution in [1.82, 2.24) is 4.98 Å². The lowest BCUT2D eigenvalue weighted by Crippen LogP contribution is -2.33. The standard InChI is InChI=1S/C16H16N2O3S/c1-12(19)13-5-4-6-15(11-13)22(20,21)18(14-8-9-14)16-7-2-3-10-17-16/h2-7,10-11,14H,8-9H2,1H3. The smallest absolute Gasteiger partial charge is 0.265 e. The lowest BCUT2D eigenvalue weighted by molar-refractivity contribution is 0.101. The van der Waals surface area contributed by atoms with Crippen LogP contribution in [0, 0.1) is 0 Å². The van der Waals surface area contributed by atoms with Gasteiger partial charge in [0.1, 0.15) is 5.82 Å². The average molecular weight is 316 g/mol. The number of carbonyl (C=O) groups is 1. The first-order valence-electron chi connectivity index (χ1n) is 7.06. The van der Waals surface area contributed by atoms with Crippen LogP contribution in [0.5, 0.6) is 0 Å². The van der Waals surface area contributed by atoms with Gasteiger partial charge in [0, 0.05) is 17.8 Å². The number of sulfonamides is 1. The van der Waals surface area contributed by atoms with Crippen LogP contribution in [0.25, 0.3) is 0 Å². The number of hydrogen-bond donors (Lipinski definition) is 0. The van der Waals surface area contributed by atoms with E-state index in [1.807, 2.05) is 0 Å². The van der Waals surface area contributed by atoms with Crippen LogP contribution in [0.3, 0.4) is 0 Å². The summed E-state index contributed by atoms with van der Waals surface area (Å²) in [5.74, 6) is 0.256. The minimum Gasteiger partial charge on any atom is -0.295 e. The third-order valence-electron chi connectivity index (χ3n) is 3.55. The number of ketones is 1. The second-order valence-electron chi connectivity index (χ2n) is 5.30. The van der Waals surface area contributed by atoms with Crippen molar-refractivity contribution in [3.63, 3.8) is 0 Å². The number of carbonyl (C=O) groups excluding carboxylic acids is 1. The van der Waals surface area contributed by atoms with Crippen LogP contribution in [0.15, 0.2) is 53.6 Å². The van der Waals surface area contributed by atoms with Gasteiger partial charge >= 0.3 is 0 Å². The van der Waals surface area contributed by atoms with E-state index >= 15 is 0 Å². The van der Waals surface area contributed by atoms with Crippen LogP contribution in [0.4, 0.5) is 5.82 Å². The zero-order chi connectivity index (χ0) is 15.7. The molecule has 1 aliphatic rings. The van der Waals surface area contributed by atoms with Crippen LogP contribution in [-0.4, -0.2) is 25.2 Å². The van der Waals surface area contributed by atoms with Gasteiger partial charge in [0.2, 0.25) is 0 Å². The fourth-order valence-electron chi connectivity index (χ4n) is 2.29. The van der Waals surface area contributed by atoms with Gasteiger partial charge < -0.3 is 0 Å². The fraction of sp³-hybridized carbons (Fsp3) is 0.250. The first-order chi connectivity index (χ1) is 10.5. The summed E-state index contributed by atoms with van der Waals surface area (Å²) >= 11 is 0. The Morgan fingerprint density at radius 3 is 2.55 bits per heavy atom. The molecule has 22 heavy (non-hydrogen) atoms. The first kappa shape index (κ1) is 14.7. The average Bonchev–Trinajstić information content (AvgIpc) is 3.33. The molecule has 0 atom stereocenters. The summed E-state index contributed by atoms with van der Waals surface area (Å²) in [6.07, 6.45) is 3.22. The Morgan fingerprint density at radius 2 is 1.95 bits per heavy atom.